The van der Waals surface area contributed by atoms with E-state index < -0.39 is 6.04 Å². The predicted octanol–water partition coefficient (Wildman–Crippen LogP) is 5.10. The van der Waals surface area contributed by atoms with E-state index in [1.807, 2.05) is 68.4 Å². The first-order valence-corrected chi connectivity index (χ1v) is 12.3. The lowest BCUT2D eigenvalue weighted by molar-refractivity contribution is -0.141. The van der Waals surface area contributed by atoms with Gasteiger partial charge in [0.05, 0.1) is 7.11 Å². The van der Waals surface area contributed by atoms with Gasteiger partial charge >= 0.3 is 0 Å². The summed E-state index contributed by atoms with van der Waals surface area (Å²) in [7, 11) is 1.63. The van der Waals surface area contributed by atoms with E-state index in [9.17, 15) is 9.59 Å². The van der Waals surface area contributed by atoms with Crippen molar-refractivity contribution in [3.63, 3.8) is 0 Å². The summed E-state index contributed by atoms with van der Waals surface area (Å²) in [4.78, 5) is 28.8. The number of benzene rings is 3. The lowest BCUT2D eigenvalue weighted by Crippen LogP contribution is -2.50. The molecular weight excluding hydrogens is 436 g/mol. The largest absolute Gasteiger partial charge is 0.497 e. The molecule has 0 saturated carbocycles. The van der Waals surface area contributed by atoms with Crippen LogP contribution in [0.4, 0.5) is 0 Å². The average molecular weight is 473 g/mol. The SMILES string of the molecule is CCCNC(=O)[C@H](Cc1ccccc1)N(Cc1cccc(OC)c1)C(=O)CCc1ccc(C)cc1. The Morgan fingerprint density at radius 2 is 1.63 bits per heavy atom. The Hall–Kier alpha value is -3.60. The maximum atomic E-state index is 13.7. The molecule has 0 spiro atoms. The Bertz CT molecular complexity index is 1080. The van der Waals surface area contributed by atoms with Crippen molar-refractivity contribution in [1.82, 2.24) is 10.2 Å². The zero-order chi connectivity index (χ0) is 25.0. The van der Waals surface area contributed by atoms with Gasteiger partial charge in [-0.1, -0.05) is 79.2 Å². The summed E-state index contributed by atoms with van der Waals surface area (Å²) in [6.45, 7) is 4.98. The second-order valence-electron chi connectivity index (χ2n) is 8.86. The van der Waals surface area contributed by atoms with Crippen molar-refractivity contribution in [1.29, 1.82) is 0 Å². The van der Waals surface area contributed by atoms with Gasteiger partial charge in [-0.05, 0) is 48.6 Å². The minimum atomic E-state index is -0.610. The second-order valence-corrected chi connectivity index (χ2v) is 8.86. The number of carbonyl (C=O) groups is 2. The molecule has 0 unspecified atom stereocenters. The molecular formula is C30H36N2O3. The number of aryl methyl sites for hydroxylation is 2. The van der Waals surface area contributed by atoms with Crippen molar-refractivity contribution in [2.75, 3.05) is 13.7 Å². The molecule has 184 valence electrons. The van der Waals surface area contributed by atoms with Crippen LogP contribution in [0.25, 0.3) is 0 Å². The maximum absolute atomic E-state index is 13.7. The fourth-order valence-corrected chi connectivity index (χ4v) is 4.04. The van der Waals surface area contributed by atoms with E-state index in [2.05, 4.69) is 29.6 Å². The third-order valence-electron chi connectivity index (χ3n) is 6.06. The summed E-state index contributed by atoms with van der Waals surface area (Å²) >= 11 is 0. The van der Waals surface area contributed by atoms with Crippen LogP contribution in [0.2, 0.25) is 0 Å². The molecule has 0 bridgehead atoms. The van der Waals surface area contributed by atoms with Crippen LogP contribution in [0.3, 0.4) is 0 Å². The van der Waals surface area contributed by atoms with Crippen molar-refractivity contribution in [3.8, 4) is 5.75 Å². The zero-order valence-corrected chi connectivity index (χ0v) is 21.0. The molecule has 0 aromatic heterocycles. The molecule has 35 heavy (non-hydrogen) atoms. The molecule has 0 aliphatic rings. The van der Waals surface area contributed by atoms with Gasteiger partial charge in [-0.3, -0.25) is 9.59 Å². The van der Waals surface area contributed by atoms with E-state index in [4.69, 9.17) is 4.74 Å². The van der Waals surface area contributed by atoms with E-state index in [1.165, 1.54) is 5.56 Å². The van der Waals surface area contributed by atoms with E-state index in [-0.39, 0.29) is 11.8 Å². The molecule has 3 aromatic carbocycles. The molecule has 5 nitrogen and oxygen atoms in total. The zero-order valence-electron chi connectivity index (χ0n) is 21.0. The summed E-state index contributed by atoms with van der Waals surface area (Å²) in [6, 6.07) is 25.2. The van der Waals surface area contributed by atoms with Crippen molar-refractivity contribution in [3.05, 3.63) is 101 Å². The van der Waals surface area contributed by atoms with Crippen LogP contribution in [0, 0.1) is 6.92 Å². The van der Waals surface area contributed by atoms with Crippen LogP contribution < -0.4 is 10.1 Å². The Kier molecular flexibility index (Phi) is 9.91. The van der Waals surface area contributed by atoms with Crippen molar-refractivity contribution in [2.45, 2.75) is 52.1 Å². The molecule has 0 saturated heterocycles. The lowest BCUT2D eigenvalue weighted by atomic mass is 10.0. The molecule has 2 amide bonds. The Morgan fingerprint density at radius 1 is 0.914 bits per heavy atom. The number of hydrogen-bond donors (Lipinski definition) is 1. The summed E-state index contributed by atoms with van der Waals surface area (Å²) in [5.74, 6) is 0.563. The molecule has 0 aliphatic carbocycles. The van der Waals surface area contributed by atoms with Crippen LogP contribution >= 0.6 is 0 Å². The van der Waals surface area contributed by atoms with Crippen molar-refractivity contribution < 1.29 is 14.3 Å². The Balaban J connectivity index is 1.89. The predicted molar refractivity (Wildman–Crippen MR) is 140 cm³/mol. The monoisotopic (exact) mass is 472 g/mol. The van der Waals surface area contributed by atoms with Crippen molar-refractivity contribution in [2.24, 2.45) is 0 Å². The van der Waals surface area contributed by atoms with E-state index in [1.54, 1.807) is 12.0 Å². The minimum Gasteiger partial charge on any atom is -0.497 e. The van der Waals surface area contributed by atoms with Gasteiger partial charge in [-0.15, -0.1) is 0 Å². The summed E-state index contributed by atoms with van der Waals surface area (Å²) < 4.78 is 5.39. The standard InChI is InChI=1S/C30H36N2O3/c1-4-19-31-30(34)28(21-25-9-6-5-7-10-25)32(22-26-11-8-12-27(20-26)35-3)29(33)18-17-24-15-13-23(2)14-16-24/h5-16,20,28H,4,17-19,21-22H2,1-3H3,(H,31,34)/t28-/m0/s1. The molecule has 5 heteroatoms. The smallest absolute Gasteiger partial charge is 0.243 e. The van der Waals surface area contributed by atoms with Gasteiger partial charge in [-0.2, -0.15) is 0 Å². The first kappa shape index (κ1) is 26.0. The number of carbonyl (C=O) groups excluding carboxylic acids is 2. The van der Waals surface area contributed by atoms with Crippen LogP contribution in [0.1, 0.15) is 42.0 Å². The summed E-state index contributed by atoms with van der Waals surface area (Å²) in [5, 5.41) is 3.02. The summed E-state index contributed by atoms with van der Waals surface area (Å²) in [5.41, 5.74) is 4.25. The molecule has 0 heterocycles. The number of methoxy groups -OCH3 is 1. The Labute approximate surface area is 209 Å². The summed E-state index contributed by atoms with van der Waals surface area (Å²) in [6.07, 6.45) is 2.25. The molecule has 3 rings (SSSR count). The van der Waals surface area contributed by atoms with Crippen LogP contribution in [-0.4, -0.2) is 36.4 Å². The highest BCUT2D eigenvalue weighted by atomic mass is 16.5. The highest BCUT2D eigenvalue weighted by Gasteiger charge is 2.30. The quantitative estimate of drug-likeness (QED) is 0.399. The maximum Gasteiger partial charge on any atom is 0.243 e. The van der Waals surface area contributed by atoms with E-state index >= 15 is 0 Å². The fraction of sp³-hybridized carbons (Fsp3) is 0.333. The second kappa shape index (κ2) is 13.3. The first-order valence-electron chi connectivity index (χ1n) is 12.3. The normalized spacial score (nSPS) is 11.5. The number of ether oxygens (including phenoxy) is 1. The fourth-order valence-electron chi connectivity index (χ4n) is 4.04. The molecule has 0 fully saturated rings. The number of amides is 2. The number of hydrogen-bond acceptors (Lipinski definition) is 3. The lowest BCUT2D eigenvalue weighted by Gasteiger charge is -2.32. The number of nitrogens with zero attached hydrogens (tertiary/aromatic N) is 1. The number of nitrogens with one attached hydrogen (secondary N) is 1. The topological polar surface area (TPSA) is 58.6 Å². The molecule has 3 aromatic rings. The van der Waals surface area contributed by atoms with Gasteiger partial charge in [-0.25, -0.2) is 0 Å². The first-order chi connectivity index (χ1) is 17.0. The van der Waals surface area contributed by atoms with Gasteiger partial charge in [0.15, 0.2) is 0 Å². The minimum absolute atomic E-state index is 0.0408. The van der Waals surface area contributed by atoms with Crippen LogP contribution in [0.5, 0.6) is 5.75 Å². The average Bonchev–Trinajstić information content (AvgIpc) is 2.89. The highest BCUT2D eigenvalue weighted by molar-refractivity contribution is 5.88. The van der Waals surface area contributed by atoms with E-state index in [0.717, 1.165) is 28.9 Å². The molecule has 0 aliphatic heterocycles. The van der Waals surface area contributed by atoms with Gasteiger partial charge in [0, 0.05) is 25.9 Å². The molecule has 1 N–H and O–H groups in total. The van der Waals surface area contributed by atoms with Crippen LogP contribution in [-0.2, 0) is 29.0 Å². The van der Waals surface area contributed by atoms with Crippen molar-refractivity contribution >= 4 is 11.8 Å². The Morgan fingerprint density at radius 3 is 2.31 bits per heavy atom. The highest BCUT2D eigenvalue weighted by Crippen LogP contribution is 2.20. The van der Waals surface area contributed by atoms with E-state index in [0.29, 0.717) is 32.4 Å². The van der Waals surface area contributed by atoms with Gasteiger partial charge in [0.1, 0.15) is 11.8 Å². The third kappa shape index (κ3) is 7.99. The van der Waals surface area contributed by atoms with Gasteiger partial charge in [0.2, 0.25) is 11.8 Å². The number of rotatable bonds is 12. The molecule has 0 radical (unpaired) electrons. The van der Waals surface area contributed by atoms with Gasteiger partial charge < -0.3 is 15.0 Å². The molecule has 1 atom stereocenters. The van der Waals surface area contributed by atoms with Gasteiger partial charge in [0.25, 0.3) is 0 Å². The third-order valence-corrected chi connectivity index (χ3v) is 6.06. The van der Waals surface area contributed by atoms with Crippen LogP contribution in [0.15, 0.2) is 78.9 Å².